The summed E-state index contributed by atoms with van der Waals surface area (Å²) in [6.07, 6.45) is 2.57. The van der Waals surface area contributed by atoms with Crippen molar-refractivity contribution in [2.75, 3.05) is 10.6 Å². The van der Waals surface area contributed by atoms with Crippen LogP contribution < -0.4 is 10.6 Å². The molecule has 0 radical (unpaired) electrons. The summed E-state index contributed by atoms with van der Waals surface area (Å²) in [7, 11) is 0. The first-order chi connectivity index (χ1) is 12.6. The number of hydrogen-bond donors (Lipinski definition) is 2. The number of carbonyl (C=O) groups excluding carboxylic acids is 2. The maximum Gasteiger partial charge on any atom is 0.224 e. The second-order valence-electron chi connectivity index (χ2n) is 6.57. The molecule has 1 heterocycles. The SMILES string of the molecule is CC(=O)Nc1nc2ccc(NC(=O)CC3CCc4ccccc43)cc2s1. The van der Waals surface area contributed by atoms with Crippen LogP contribution in [0.2, 0.25) is 0 Å². The fourth-order valence-electron chi connectivity index (χ4n) is 3.50. The minimum absolute atomic E-state index is 0.0256. The first-order valence-electron chi connectivity index (χ1n) is 8.64. The molecule has 1 aromatic heterocycles. The number of anilines is 2. The molecular weight excluding hydrogens is 346 g/mol. The number of fused-ring (bicyclic) bond motifs is 2. The summed E-state index contributed by atoms with van der Waals surface area (Å²) in [5.74, 6) is 0.178. The molecule has 0 spiro atoms. The molecule has 2 N–H and O–H groups in total. The molecule has 1 aliphatic rings. The summed E-state index contributed by atoms with van der Waals surface area (Å²) in [6, 6.07) is 14.0. The fraction of sp³-hybridized carbons (Fsp3) is 0.250. The largest absolute Gasteiger partial charge is 0.326 e. The lowest BCUT2D eigenvalue weighted by molar-refractivity contribution is -0.116. The molecule has 5 nitrogen and oxygen atoms in total. The molecule has 1 atom stereocenters. The van der Waals surface area contributed by atoms with E-state index in [0.29, 0.717) is 17.5 Å². The van der Waals surface area contributed by atoms with Crippen molar-refractivity contribution in [1.82, 2.24) is 4.98 Å². The van der Waals surface area contributed by atoms with Gasteiger partial charge in [0.05, 0.1) is 10.2 Å². The Labute approximate surface area is 155 Å². The van der Waals surface area contributed by atoms with Gasteiger partial charge in [0.15, 0.2) is 5.13 Å². The maximum atomic E-state index is 12.5. The lowest BCUT2D eigenvalue weighted by Gasteiger charge is -2.11. The molecule has 26 heavy (non-hydrogen) atoms. The molecule has 3 aromatic rings. The number of carbonyl (C=O) groups is 2. The summed E-state index contributed by atoms with van der Waals surface area (Å²) in [6.45, 7) is 1.46. The van der Waals surface area contributed by atoms with Crippen LogP contribution in [0.15, 0.2) is 42.5 Å². The van der Waals surface area contributed by atoms with Gasteiger partial charge in [-0.25, -0.2) is 4.98 Å². The number of thiazole rings is 1. The van der Waals surface area contributed by atoms with E-state index in [-0.39, 0.29) is 11.8 Å². The predicted molar refractivity (Wildman–Crippen MR) is 105 cm³/mol. The Bertz CT molecular complexity index is 996. The van der Waals surface area contributed by atoms with Gasteiger partial charge >= 0.3 is 0 Å². The molecule has 6 heteroatoms. The van der Waals surface area contributed by atoms with E-state index in [1.54, 1.807) is 0 Å². The van der Waals surface area contributed by atoms with Gasteiger partial charge in [-0.05, 0) is 48.1 Å². The van der Waals surface area contributed by atoms with Crippen LogP contribution in [0.25, 0.3) is 10.2 Å². The van der Waals surface area contributed by atoms with Crippen molar-refractivity contribution < 1.29 is 9.59 Å². The summed E-state index contributed by atoms with van der Waals surface area (Å²) in [4.78, 5) is 28.0. The van der Waals surface area contributed by atoms with Gasteiger partial charge < -0.3 is 10.6 Å². The Morgan fingerprint density at radius 3 is 2.88 bits per heavy atom. The normalized spacial score (nSPS) is 15.7. The second kappa shape index (κ2) is 6.88. The van der Waals surface area contributed by atoms with Crippen molar-refractivity contribution in [3.63, 3.8) is 0 Å². The Morgan fingerprint density at radius 1 is 1.19 bits per heavy atom. The quantitative estimate of drug-likeness (QED) is 0.723. The van der Waals surface area contributed by atoms with Crippen LogP contribution in [0.5, 0.6) is 0 Å². The van der Waals surface area contributed by atoms with Crippen LogP contribution in [0, 0.1) is 0 Å². The molecule has 0 saturated heterocycles. The van der Waals surface area contributed by atoms with Gasteiger partial charge in [0.1, 0.15) is 0 Å². The van der Waals surface area contributed by atoms with E-state index in [9.17, 15) is 9.59 Å². The highest BCUT2D eigenvalue weighted by Gasteiger charge is 2.24. The van der Waals surface area contributed by atoms with Gasteiger partial charge in [0.25, 0.3) is 0 Å². The molecule has 132 valence electrons. The maximum absolute atomic E-state index is 12.5. The van der Waals surface area contributed by atoms with Crippen LogP contribution in [0.3, 0.4) is 0 Å². The van der Waals surface area contributed by atoms with Crippen molar-refractivity contribution in [2.45, 2.75) is 32.1 Å². The summed E-state index contributed by atoms with van der Waals surface area (Å²) < 4.78 is 0.928. The first-order valence-corrected chi connectivity index (χ1v) is 9.46. The van der Waals surface area contributed by atoms with E-state index in [1.807, 2.05) is 24.3 Å². The monoisotopic (exact) mass is 365 g/mol. The van der Waals surface area contributed by atoms with E-state index in [0.717, 1.165) is 28.7 Å². The number of amides is 2. The van der Waals surface area contributed by atoms with Crippen molar-refractivity contribution in [3.8, 4) is 0 Å². The lowest BCUT2D eigenvalue weighted by Crippen LogP contribution is -2.14. The van der Waals surface area contributed by atoms with E-state index < -0.39 is 0 Å². The first kappa shape index (κ1) is 16.7. The average molecular weight is 365 g/mol. The zero-order valence-corrected chi connectivity index (χ0v) is 15.2. The van der Waals surface area contributed by atoms with E-state index in [2.05, 4.69) is 33.8 Å². The topological polar surface area (TPSA) is 71.1 Å². The number of rotatable bonds is 4. The van der Waals surface area contributed by atoms with E-state index in [4.69, 9.17) is 0 Å². The Balaban J connectivity index is 1.45. The van der Waals surface area contributed by atoms with Gasteiger partial charge in [0, 0.05) is 19.0 Å². The summed E-state index contributed by atoms with van der Waals surface area (Å²) in [5, 5.41) is 6.26. The van der Waals surface area contributed by atoms with Gasteiger partial charge in [-0.2, -0.15) is 0 Å². The van der Waals surface area contributed by atoms with Crippen LogP contribution in [-0.2, 0) is 16.0 Å². The number of hydrogen-bond acceptors (Lipinski definition) is 4. The van der Waals surface area contributed by atoms with Gasteiger partial charge in [0.2, 0.25) is 11.8 Å². The Morgan fingerprint density at radius 2 is 2.04 bits per heavy atom. The van der Waals surface area contributed by atoms with Gasteiger partial charge in [-0.15, -0.1) is 0 Å². The highest BCUT2D eigenvalue weighted by molar-refractivity contribution is 7.22. The van der Waals surface area contributed by atoms with Gasteiger partial charge in [-0.1, -0.05) is 35.6 Å². The molecular formula is C20H19N3O2S. The van der Waals surface area contributed by atoms with Crippen molar-refractivity contribution in [3.05, 3.63) is 53.6 Å². The number of aromatic nitrogens is 1. The minimum atomic E-state index is -0.144. The third-order valence-electron chi connectivity index (χ3n) is 4.64. The van der Waals surface area contributed by atoms with Gasteiger partial charge in [-0.3, -0.25) is 9.59 Å². The van der Waals surface area contributed by atoms with Crippen LogP contribution in [-0.4, -0.2) is 16.8 Å². The number of aryl methyl sites for hydroxylation is 1. The smallest absolute Gasteiger partial charge is 0.224 e. The van der Waals surface area contributed by atoms with Crippen LogP contribution in [0.1, 0.15) is 36.8 Å². The lowest BCUT2D eigenvalue weighted by atomic mass is 9.97. The zero-order valence-electron chi connectivity index (χ0n) is 14.4. The summed E-state index contributed by atoms with van der Waals surface area (Å²) >= 11 is 1.40. The molecule has 1 unspecified atom stereocenters. The molecule has 0 bridgehead atoms. The third kappa shape index (κ3) is 3.46. The average Bonchev–Trinajstić information content (AvgIpc) is 3.17. The molecule has 0 fully saturated rings. The van der Waals surface area contributed by atoms with Crippen molar-refractivity contribution >= 4 is 44.2 Å². The highest BCUT2D eigenvalue weighted by Crippen LogP contribution is 2.35. The number of nitrogens with zero attached hydrogens (tertiary/aromatic N) is 1. The molecule has 2 amide bonds. The van der Waals surface area contributed by atoms with E-state index >= 15 is 0 Å². The molecule has 2 aromatic carbocycles. The molecule has 1 aliphatic carbocycles. The Hall–Kier alpha value is -2.73. The minimum Gasteiger partial charge on any atom is -0.326 e. The van der Waals surface area contributed by atoms with Crippen molar-refractivity contribution in [1.29, 1.82) is 0 Å². The number of nitrogens with one attached hydrogen (secondary N) is 2. The van der Waals surface area contributed by atoms with Crippen LogP contribution >= 0.6 is 11.3 Å². The van der Waals surface area contributed by atoms with Crippen LogP contribution in [0.4, 0.5) is 10.8 Å². The third-order valence-corrected chi connectivity index (χ3v) is 5.58. The molecule has 0 aliphatic heterocycles. The Kier molecular flexibility index (Phi) is 4.42. The zero-order chi connectivity index (χ0) is 18.1. The van der Waals surface area contributed by atoms with Crippen molar-refractivity contribution in [2.24, 2.45) is 0 Å². The second-order valence-corrected chi connectivity index (χ2v) is 7.60. The standard InChI is InChI=1S/C20H19N3O2S/c1-12(24)21-20-23-17-9-8-15(11-18(17)26-20)22-19(25)10-14-7-6-13-4-2-3-5-16(13)14/h2-5,8-9,11,14H,6-7,10H2,1H3,(H,22,25)(H,21,23,24). The fourth-order valence-corrected chi connectivity index (χ4v) is 4.45. The van der Waals surface area contributed by atoms with E-state index in [1.165, 1.54) is 29.4 Å². The summed E-state index contributed by atoms with van der Waals surface area (Å²) in [5.41, 5.74) is 4.23. The number of benzene rings is 2. The molecule has 0 saturated carbocycles. The highest BCUT2D eigenvalue weighted by atomic mass is 32.1. The molecule has 4 rings (SSSR count). The predicted octanol–water partition coefficient (Wildman–Crippen LogP) is 4.31.